The summed E-state index contributed by atoms with van der Waals surface area (Å²) in [5.41, 5.74) is 3.08. The highest BCUT2D eigenvalue weighted by molar-refractivity contribution is 5.99. The minimum absolute atomic E-state index is 0.101. The minimum atomic E-state index is -1.18. The van der Waals surface area contributed by atoms with Gasteiger partial charge in [0.05, 0.1) is 6.54 Å². The molecule has 8 heteroatoms. The van der Waals surface area contributed by atoms with Crippen molar-refractivity contribution in [1.82, 2.24) is 10.6 Å². The van der Waals surface area contributed by atoms with E-state index in [1.807, 2.05) is 38.1 Å². The lowest BCUT2D eigenvalue weighted by Crippen LogP contribution is -2.41. The Kier molecular flexibility index (Phi) is 8.71. The van der Waals surface area contributed by atoms with E-state index in [1.165, 1.54) is 19.9 Å². The molecular weight excluding hydrogens is 410 g/mol. The first-order valence-corrected chi connectivity index (χ1v) is 10.1. The fraction of sp³-hybridized carbons (Fsp3) is 0.250. The van der Waals surface area contributed by atoms with Crippen LogP contribution in [-0.4, -0.2) is 36.3 Å². The standard InChI is InChI=1S/C24H27N3O5/c1-15-9-8-10-16(2)22(15)27-21(29)14-25-23(30)17(3)32-24(31)20(26-18(4)28)13-19-11-6-5-7-12-19/h5-13,17H,14H2,1-4H3,(H,25,30)(H,26,28)(H,27,29)/b20-13-. The number of esters is 1. The van der Waals surface area contributed by atoms with Crippen molar-refractivity contribution in [3.63, 3.8) is 0 Å². The van der Waals surface area contributed by atoms with Crippen molar-refractivity contribution >= 4 is 35.5 Å². The zero-order chi connectivity index (χ0) is 23.7. The average molecular weight is 437 g/mol. The lowest BCUT2D eigenvalue weighted by molar-refractivity contribution is -0.151. The van der Waals surface area contributed by atoms with Crippen LogP contribution in [0.2, 0.25) is 0 Å². The van der Waals surface area contributed by atoms with Crippen LogP contribution in [-0.2, 0) is 23.9 Å². The van der Waals surface area contributed by atoms with Gasteiger partial charge >= 0.3 is 5.97 Å². The maximum Gasteiger partial charge on any atom is 0.355 e. The van der Waals surface area contributed by atoms with E-state index in [0.29, 0.717) is 11.3 Å². The second-order valence-corrected chi connectivity index (χ2v) is 7.23. The van der Waals surface area contributed by atoms with Crippen molar-refractivity contribution in [2.75, 3.05) is 11.9 Å². The molecule has 1 atom stereocenters. The number of aryl methyl sites for hydroxylation is 2. The van der Waals surface area contributed by atoms with Gasteiger partial charge in [-0.25, -0.2) is 4.79 Å². The van der Waals surface area contributed by atoms with E-state index in [2.05, 4.69) is 16.0 Å². The zero-order valence-electron chi connectivity index (χ0n) is 18.5. The number of nitrogens with one attached hydrogen (secondary N) is 3. The molecule has 0 radical (unpaired) electrons. The van der Waals surface area contributed by atoms with Crippen molar-refractivity contribution in [2.24, 2.45) is 0 Å². The largest absolute Gasteiger partial charge is 0.448 e. The predicted octanol–water partition coefficient (Wildman–Crippen LogP) is 2.47. The van der Waals surface area contributed by atoms with Gasteiger partial charge < -0.3 is 20.7 Å². The number of hydrogen-bond acceptors (Lipinski definition) is 5. The number of amides is 3. The summed E-state index contributed by atoms with van der Waals surface area (Å²) in [6.45, 7) is 6.10. The molecule has 168 valence electrons. The molecule has 0 aliphatic rings. The van der Waals surface area contributed by atoms with E-state index in [9.17, 15) is 19.2 Å². The quantitative estimate of drug-likeness (QED) is 0.434. The maximum absolute atomic E-state index is 12.5. The van der Waals surface area contributed by atoms with E-state index < -0.39 is 29.8 Å². The lowest BCUT2D eigenvalue weighted by atomic mass is 10.1. The van der Waals surface area contributed by atoms with Gasteiger partial charge in [0.25, 0.3) is 5.91 Å². The van der Waals surface area contributed by atoms with Crippen molar-refractivity contribution in [3.8, 4) is 0 Å². The zero-order valence-corrected chi connectivity index (χ0v) is 18.5. The molecule has 0 aliphatic carbocycles. The lowest BCUT2D eigenvalue weighted by Gasteiger charge is -2.16. The SMILES string of the molecule is CC(=O)N/C(=C\c1ccccc1)C(=O)OC(C)C(=O)NCC(=O)Nc1c(C)cccc1C. The molecule has 0 aliphatic heterocycles. The number of rotatable bonds is 8. The molecule has 0 aromatic heterocycles. The van der Waals surface area contributed by atoms with Crippen LogP contribution < -0.4 is 16.0 Å². The fourth-order valence-electron chi connectivity index (χ4n) is 2.84. The Morgan fingerprint density at radius 1 is 0.969 bits per heavy atom. The molecule has 0 fully saturated rings. The van der Waals surface area contributed by atoms with Gasteiger partial charge in [-0.15, -0.1) is 0 Å². The summed E-state index contributed by atoms with van der Waals surface area (Å²) < 4.78 is 5.17. The van der Waals surface area contributed by atoms with Crippen LogP contribution in [0.5, 0.6) is 0 Å². The molecule has 2 aromatic rings. The number of benzene rings is 2. The number of carbonyl (C=O) groups is 4. The molecular formula is C24H27N3O5. The van der Waals surface area contributed by atoms with E-state index in [0.717, 1.165) is 11.1 Å². The molecule has 1 unspecified atom stereocenters. The second kappa shape index (κ2) is 11.5. The Bertz CT molecular complexity index is 1010. The van der Waals surface area contributed by atoms with E-state index >= 15 is 0 Å². The molecule has 2 aromatic carbocycles. The van der Waals surface area contributed by atoms with Crippen LogP contribution in [0, 0.1) is 13.8 Å². The number of ether oxygens (including phenoxy) is 1. The Labute approximate surface area is 187 Å². The monoisotopic (exact) mass is 437 g/mol. The first kappa shape index (κ1) is 24.3. The highest BCUT2D eigenvalue weighted by atomic mass is 16.5. The van der Waals surface area contributed by atoms with Gasteiger partial charge in [0.15, 0.2) is 6.10 Å². The second-order valence-electron chi connectivity index (χ2n) is 7.23. The van der Waals surface area contributed by atoms with E-state index in [-0.39, 0.29) is 12.2 Å². The fourth-order valence-corrected chi connectivity index (χ4v) is 2.84. The molecule has 0 saturated heterocycles. The molecule has 0 saturated carbocycles. The summed E-state index contributed by atoms with van der Waals surface area (Å²) in [6.07, 6.45) is 0.273. The van der Waals surface area contributed by atoms with Crippen molar-refractivity contribution < 1.29 is 23.9 Å². The van der Waals surface area contributed by atoms with E-state index in [4.69, 9.17) is 4.74 Å². The highest BCUT2D eigenvalue weighted by Gasteiger charge is 2.22. The van der Waals surface area contributed by atoms with Gasteiger partial charge in [-0.1, -0.05) is 48.5 Å². The summed E-state index contributed by atoms with van der Waals surface area (Å²) in [4.78, 5) is 48.5. The van der Waals surface area contributed by atoms with Gasteiger partial charge in [-0.2, -0.15) is 0 Å². The van der Waals surface area contributed by atoms with Crippen molar-refractivity contribution in [2.45, 2.75) is 33.8 Å². The third-order valence-corrected chi connectivity index (χ3v) is 4.46. The van der Waals surface area contributed by atoms with E-state index in [1.54, 1.807) is 24.3 Å². The Hall–Kier alpha value is -3.94. The molecule has 3 amide bonds. The molecule has 2 rings (SSSR count). The topological polar surface area (TPSA) is 114 Å². The van der Waals surface area contributed by atoms with Crippen molar-refractivity contribution in [1.29, 1.82) is 0 Å². The maximum atomic E-state index is 12.5. The van der Waals surface area contributed by atoms with Crippen LogP contribution in [0.1, 0.15) is 30.5 Å². The minimum Gasteiger partial charge on any atom is -0.448 e. The summed E-state index contributed by atoms with van der Waals surface area (Å²) in [7, 11) is 0. The van der Waals surface area contributed by atoms with Crippen molar-refractivity contribution in [3.05, 3.63) is 70.9 Å². The highest BCUT2D eigenvalue weighted by Crippen LogP contribution is 2.19. The number of para-hydroxylation sites is 1. The number of anilines is 1. The molecule has 8 nitrogen and oxygen atoms in total. The van der Waals surface area contributed by atoms with Gasteiger partial charge in [-0.3, -0.25) is 14.4 Å². The van der Waals surface area contributed by atoms with Gasteiger partial charge in [0, 0.05) is 12.6 Å². The predicted molar refractivity (Wildman–Crippen MR) is 121 cm³/mol. The van der Waals surface area contributed by atoms with Crippen LogP contribution >= 0.6 is 0 Å². The van der Waals surface area contributed by atoms with Crippen LogP contribution in [0.4, 0.5) is 5.69 Å². The third kappa shape index (κ3) is 7.39. The summed E-state index contributed by atoms with van der Waals surface area (Å²) in [5, 5.41) is 7.62. The van der Waals surface area contributed by atoms with Gasteiger partial charge in [0.1, 0.15) is 5.70 Å². The number of carbonyl (C=O) groups excluding carboxylic acids is 4. The first-order chi connectivity index (χ1) is 15.2. The Balaban J connectivity index is 1.95. The molecule has 0 spiro atoms. The molecule has 0 heterocycles. The smallest absolute Gasteiger partial charge is 0.355 e. The number of hydrogen-bond donors (Lipinski definition) is 3. The van der Waals surface area contributed by atoms with Crippen LogP contribution in [0.15, 0.2) is 54.2 Å². The Morgan fingerprint density at radius 3 is 2.19 bits per heavy atom. The Morgan fingerprint density at radius 2 is 1.59 bits per heavy atom. The van der Waals surface area contributed by atoms with Gasteiger partial charge in [-0.05, 0) is 43.5 Å². The summed E-state index contributed by atoms with van der Waals surface area (Å²) in [6, 6.07) is 14.5. The van der Waals surface area contributed by atoms with Gasteiger partial charge in [0.2, 0.25) is 11.8 Å². The van der Waals surface area contributed by atoms with Crippen LogP contribution in [0.25, 0.3) is 6.08 Å². The molecule has 32 heavy (non-hydrogen) atoms. The molecule has 3 N–H and O–H groups in total. The summed E-state index contributed by atoms with van der Waals surface area (Å²) in [5.74, 6) is -2.37. The normalized spacial score (nSPS) is 11.8. The first-order valence-electron chi connectivity index (χ1n) is 10.1. The van der Waals surface area contributed by atoms with Crippen LogP contribution in [0.3, 0.4) is 0 Å². The average Bonchev–Trinajstić information content (AvgIpc) is 2.74. The summed E-state index contributed by atoms with van der Waals surface area (Å²) >= 11 is 0. The third-order valence-electron chi connectivity index (χ3n) is 4.46. The molecule has 0 bridgehead atoms.